The van der Waals surface area contributed by atoms with Crippen LogP contribution in [0.5, 0.6) is 0 Å². The minimum absolute atomic E-state index is 0. The van der Waals surface area contributed by atoms with Crippen LogP contribution in [0, 0.1) is 26.6 Å². The molecule has 0 aliphatic heterocycles. The van der Waals surface area contributed by atoms with Gasteiger partial charge in [-0.1, -0.05) is 18.2 Å². The Morgan fingerprint density at radius 3 is 2.10 bits per heavy atom. The van der Waals surface area contributed by atoms with Gasteiger partial charge in [0.15, 0.2) is 0 Å². The van der Waals surface area contributed by atoms with Crippen LogP contribution in [0.3, 0.4) is 0 Å². The molecule has 0 aliphatic rings. The Hall–Kier alpha value is -1.38. The van der Waals surface area contributed by atoms with Crippen molar-refractivity contribution >= 4 is 12.4 Å². The number of rotatable bonds is 3. The minimum Gasteiger partial charge on any atom is -0.316 e. The van der Waals surface area contributed by atoms with E-state index in [4.69, 9.17) is 0 Å². The maximum Gasteiger partial charge on any atom is 0.123 e. The average Bonchev–Trinajstić information content (AvgIpc) is 2.36. The lowest BCUT2D eigenvalue weighted by Crippen LogP contribution is -2.08. The first kappa shape index (κ1) is 16.7. The Labute approximate surface area is 126 Å². The van der Waals surface area contributed by atoms with Crippen LogP contribution in [-0.2, 0) is 6.54 Å². The molecule has 0 fully saturated rings. The molecule has 0 unspecified atom stereocenters. The lowest BCUT2D eigenvalue weighted by atomic mass is 9.93. The van der Waals surface area contributed by atoms with Crippen LogP contribution in [0.4, 0.5) is 4.39 Å². The van der Waals surface area contributed by atoms with Gasteiger partial charge in [0.05, 0.1) is 0 Å². The normalized spacial score (nSPS) is 10.2. The van der Waals surface area contributed by atoms with E-state index in [9.17, 15) is 4.39 Å². The number of benzene rings is 2. The third-order valence-electron chi connectivity index (χ3n) is 3.56. The monoisotopic (exact) mass is 293 g/mol. The summed E-state index contributed by atoms with van der Waals surface area (Å²) in [6.45, 7) is 7.09. The number of nitrogens with one attached hydrogen (secondary N) is 1. The van der Waals surface area contributed by atoms with E-state index in [1.807, 2.05) is 20.0 Å². The summed E-state index contributed by atoms with van der Waals surface area (Å²) in [5.41, 5.74) is 6.97. The molecule has 2 aromatic carbocycles. The molecule has 0 atom stereocenters. The molecule has 0 amide bonds. The second-order valence-corrected chi connectivity index (χ2v) is 5.08. The van der Waals surface area contributed by atoms with Gasteiger partial charge in [-0.3, -0.25) is 0 Å². The van der Waals surface area contributed by atoms with Crippen LogP contribution >= 0.6 is 12.4 Å². The van der Waals surface area contributed by atoms with Crippen LogP contribution in [0.2, 0.25) is 0 Å². The van der Waals surface area contributed by atoms with Gasteiger partial charge in [-0.15, -0.1) is 12.4 Å². The molecule has 2 aromatic rings. The van der Waals surface area contributed by atoms with Crippen molar-refractivity contribution in [1.82, 2.24) is 5.32 Å². The summed E-state index contributed by atoms with van der Waals surface area (Å²) in [5, 5.41) is 3.19. The summed E-state index contributed by atoms with van der Waals surface area (Å²) in [6, 6.07) is 9.23. The third kappa shape index (κ3) is 3.38. The first-order chi connectivity index (χ1) is 9.02. The Kier molecular flexibility index (Phi) is 5.73. The molecule has 2 rings (SSSR count). The molecular weight excluding hydrogens is 273 g/mol. The van der Waals surface area contributed by atoms with Crippen molar-refractivity contribution in [2.45, 2.75) is 27.3 Å². The second-order valence-electron chi connectivity index (χ2n) is 5.08. The van der Waals surface area contributed by atoms with E-state index in [1.54, 1.807) is 6.07 Å². The maximum atomic E-state index is 13.4. The molecule has 0 bridgehead atoms. The zero-order valence-electron chi connectivity index (χ0n) is 12.4. The number of hydrogen-bond donors (Lipinski definition) is 1. The lowest BCUT2D eigenvalue weighted by molar-refractivity contribution is 0.628. The number of halogens is 2. The fourth-order valence-electron chi connectivity index (χ4n) is 2.51. The standard InChI is InChI=1S/C17H20FN.ClH/c1-11-5-6-15(18)9-16(11)14-7-12(2)17(10-19-4)13(3)8-14;/h5-9,19H,10H2,1-4H3;1H. The van der Waals surface area contributed by atoms with E-state index in [2.05, 4.69) is 31.3 Å². The van der Waals surface area contributed by atoms with Crippen LogP contribution in [-0.4, -0.2) is 7.05 Å². The Morgan fingerprint density at radius 1 is 0.950 bits per heavy atom. The SMILES string of the molecule is CNCc1c(C)cc(-c2cc(F)ccc2C)cc1C.Cl. The summed E-state index contributed by atoms with van der Waals surface area (Å²) in [4.78, 5) is 0. The lowest BCUT2D eigenvalue weighted by Gasteiger charge is -2.14. The molecule has 0 radical (unpaired) electrons. The van der Waals surface area contributed by atoms with Crippen molar-refractivity contribution in [1.29, 1.82) is 0 Å². The fraction of sp³-hybridized carbons (Fsp3) is 0.294. The van der Waals surface area contributed by atoms with E-state index in [-0.39, 0.29) is 18.2 Å². The molecule has 0 saturated heterocycles. The molecule has 0 saturated carbocycles. The van der Waals surface area contributed by atoms with Crippen LogP contribution in [0.1, 0.15) is 22.3 Å². The predicted octanol–water partition coefficient (Wildman–Crippen LogP) is 4.56. The zero-order valence-corrected chi connectivity index (χ0v) is 13.2. The Bertz CT molecular complexity index is 585. The Balaban J connectivity index is 0.00000200. The summed E-state index contributed by atoms with van der Waals surface area (Å²) < 4.78 is 13.4. The highest BCUT2D eigenvalue weighted by Gasteiger charge is 2.08. The van der Waals surface area contributed by atoms with Gasteiger partial charge < -0.3 is 5.32 Å². The number of hydrogen-bond acceptors (Lipinski definition) is 1. The summed E-state index contributed by atoms with van der Waals surface area (Å²) in [5.74, 6) is -0.185. The summed E-state index contributed by atoms with van der Waals surface area (Å²) in [6.07, 6.45) is 0. The predicted molar refractivity (Wildman–Crippen MR) is 86.1 cm³/mol. The van der Waals surface area contributed by atoms with E-state index in [0.29, 0.717) is 0 Å². The summed E-state index contributed by atoms with van der Waals surface area (Å²) in [7, 11) is 1.95. The quantitative estimate of drug-likeness (QED) is 0.875. The average molecular weight is 294 g/mol. The highest BCUT2D eigenvalue weighted by molar-refractivity contribution is 5.85. The first-order valence-corrected chi connectivity index (χ1v) is 6.54. The van der Waals surface area contributed by atoms with Crippen molar-refractivity contribution in [3.8, 4) is 11.1 Å². The van der Waals surface area contributed by atoms with E-state index >= 15 is 0 Å². The first-order valence-electron chi connectivity index (χ1n) is 6.54. The Morgan fingerprint density at radius 2 is 1.55 bits per heavy atom. The molecule has 20 heavy (non-hydrogen) atoms. The number of aryl methyl sites for hydroxylation is 3. The van der Waals surface area contributed by atoms with Crippen molar-refractivity contribution in [2.24, 2.45) is 0 Å². The van der Waals surface area contributed by atoms with Gasteiger partial charge in [-0.2, -0.15) is 0 Å². The van der Waals surface area contributed by atoms with E-state index in [0.717, 1.165) is 23.2 Å². The molecule has 108 valence electrons. The molecule has 1 nitrogen and oxygen atoms in total. The molecule has 0 heterocycles. The van der Waals surface area contributed by atoms with Crippen molar-refractivity contribution in [2.75, 3.05) is 7.05 Å². The van der Waals surface area contributed by atoms with Crippen LogP contribution < -0.4 is 5.32 Å². The third-order valence-corrected chi connectivity index (χ3v) is 3.56. The van der Waals surface area contributed by atoms with Crippen molar-refractivity contribution < 1.29 is 4.39 Å². The zero-order chi connectivity index (χ0) is 14.0. The smallest absolute Gasteiger partial charge is 0.123 e. The van der Waals surface area contributed by atoms with Gasteiger partial charge in [0.2, 0.25) is 0 Å². The highest BCUT2D eigenvalue weighted by Crippen LogP contribution is 2.28. The van der Waals surface area contributed by atoms with Crippen LogP contribution in [0.15, 0.2) is 30.3 Å². The molecular formula is C17H21ClFN. The molecule has 3 heteroatoms. The topological polar surface area (TPSA) is 12.0 Å². The molecule has 0 aromatic heterocycles. The highest BCUT2D eigenvalue weighted by atomic mass is 35.5. The second kappa shape index (κ2) is 6.87. The van der Waals surface area contributed by atoms with E-state index < -0.39 is 0 Å². The maximum absolute atomic E-state index is 13.4. The van der Waals surface area contributed by atoms with E-state index in [1.165, 1.54) is 22.8 Å². The fourth-order valence-corrected chi connectivity index (χ4v) is 2.51. The minimum atomic E-state index is -0.185. The van der Waals surface area contributed by atoms with Gasteiger partial charge in [0, 0.05) is 6.54 Å². The summed E-state index contributed by atoms with van der Waals surface area (Å²) >= 11 is 0. The molecule has 0 spiro atoms. The van der Waals surface area contributed by atoms with Crippen LogP contribution in [0.25, 0.3) is 11.1 Å². The van der Waals surface area contributed by atoms with Gasteiger partial charge in [0.25, 0.3) is 0 Å². The molecule has 1 N–H and O–H groups in total. The van der Waals surface area contributed by atoms with Gasteiger partial charge in [-0.05, 0) is 73.3 Å². The molecule has 0 aliphatic carbocycles. The van der Waals surface area contributed by atoms with Crippen molar-refractivity contribution in [3.63, 3.8) is 0 Å². The largest absolute Gasteiger partial charge is 0.316 e. The van der Waals surface area contributed by atoms with Gasteiger partial charge in [-0.25, -0.2) is 4.39 Å². The van der Waals surface area contributed by atoms with Gasteiger partial charge in [0.1, 0.15) is 5.82 Å². The van der Waals surface area contributed by atoms with Crippen molar-refractivity contribution in [3.05, 3.63) is 58.4 Å². The van der Waals surface area contributed by atoms with Gasteiger partial charge >= 0.3 is 0 Å².